The lowest BCUT2D eigenvalue weighted by atomic mass is 10.1. The van der Waals surface area contributed by atoms with Gasteiger partial charge in [0.05, 0.1) is 19.3 Å². The van der Waals surface area contributed by atoms with Crippen LogP contribution in [0.3, 0.4) is 0 Å². The van der Waals surface area contributed by atoms with Crippen LogP contribution in [0, 0.1) is 5.92 Å². The van der Waals surface area contributed by atoms with E-state index < -0.39 is 18.8 Å². The fourth-order valence-corrected chi connectivity index (χ4v) is 0.806. The van der Waals surface area contributed by atoms with Crippen molar-refractivity contribution in [2.24, 2.45) is 5.92 Å². The summed E-state index contributed by atoms with van der Waals surface area (Å²) >= 11 is 0. The Kier molecular flexibility index (Phi) is 6.24. The van der Waals surface area contributed by atoms with E-state index in [0.29, 0.717) is 5.92 Å². The third-order valence-electron chi connectivity index (χ3n) is 2.12. The molecule has 0 bridgehead atoms. The van der Waals surface area contributed by atoms with Crippen LogP contribution in [0.2, 0.25) is 0 Å². The number of rotatable bonds is 6. The molecule has 0 aliphatic rings. The summed E-state index contributed by atoms with van der Waals surface area (Å²) in [5.74, 6) is 0.319. The molecule has 0 amide bonds. The molecule has 0 aromatic heterocycles. The van der Waals surface area contributed by atoms with Crippen LogP contribution in [0.15, 0.2) is 0 Å². The highest BCUT2D eigenvalue weighted by atomic mass is 16.5. The fourth-order valence-electron chi connectivity index (χ4n) is 0.806. The van der Waals surface area contributed by atoms with Gasteiger partial charge in [0.2, 0.25) is 0 Å². The van der Waals surface area contributed by atoms with Crippen LogP contribution in [0.25, 0.3) is 0 Å². The maximum absolute atomic E-state index is 9.21. The summed E-state index contributed by atoms with van der Waals surface area (Å²) in [6.07, 6.45) is -1.74. The number of hydrogen-bond donors (Lipinski definition) is 3. The molecule has 0 aromatic carbocycles. The van der Waals surface area contributed by atoms with Crippen LogP contribution in [0.4, 0.5) is 0 Å². The van der Waals surface area contributed by atoms with Gasteiger partial charge < -0.3 is 20.1 Å². The van der Waals surface area contributed by atoms with Gasteiger partial charge in [0.15, 0.2) is 0 Å². The lowest BCUT2D eigenvalue weighted by Crippen LogP contribution is -2.38. The minimum Gasteiger partial charge on any atom is -0.394 e. The summed E-state index contributed by atoms with van der Waals surface area (Å²) in [5, 5.41) is 26.7. The van der Waals surface area contributed by atoms with Gasteiger partial charge in [-0.1, -0.05) is 13.8 Å². The first-order valence-electron chi connectivity index (χ1n) is 4.58. The summed E-state index contributed by atoms with van der Waals surface area (Å²) in [4.78, 5) is 0. The minimum atomic E-state index is -1.01. The van der Waals surface area contributed by atoms with E-state index in [4.69, 9.17) is 14.9 Å². The summed E-state index contributed by atoms with van der Waals surface area (Å²) in [5.41, 5.74) is 0. The summed E-state index contributed by atoms with van der Waals surface area (Å²) in [6, 6.07) is 0. The smallest absolute Gasteiger partial charge is 0.109 e. The van der Waals surface area contributed by atoms with Crippen molar-refractivity contribution >= 4 is 0 Å². The normalized spacial score (nSPS) is 18.7. The highest BCUT2D eigenvalue weighted by Crippen LogP contribution is 2.10. The molecule has 0 radical (unpaired) electrons. The SMILES string of the molecule is CC(C)[C@H](C)OC(CO)[C@@H](O)CO. The van der Waals surface area contributed by atoms with Gasteiger partial charge in [-0.15, -0.1) is 0 Å². The van der Waals surface area contributed by atoms with E-state index in [-0.39, 0.29) is 12.7 Å². The maximum atomic E-state index is 9.21. The Morgan fingerprint density at radius 2 is 1.62 bits per heavy atom. The second-order valence-corrected chi connectivity index (χ2v) is 3.56. The van der Waals surface area contributed by atoms with Crippen molar-refractivity contribution in [2.75, 3.05) is 13.2 Å². The van der Waals surface area contributed by atoms with Crippen molar-refractivity contribution in [1.29, 1.82) is 0 Å². The molecule has 13 heavy (non-hydrogen) atoms. The molecule has 0 heterocycles. The molecular weight excluding hydrogens is 172 g/mol. The molecule has 0 rings (SSSR count). The predicted octanol–water partition coefficient (Wildman–Crippen LogP) is -0.238. The van der Waals surface area contributed by atoms with E-state index in [1.165, 1.54) is 0 Å². The molecule has 0 aliphatic heterocycles. The van der Waals surface area contributed by atoms with Crippen molar-refractivity contribution in [3.05, 3.63) is 0 Å². The van der Waals surface area contributed by atoms with Gasteiger partial charge in [0.1, 0.15) is 12.2 Å². The van der Waals surface area contributed by atoms with Crippen LogP contribution in [-0.4, -0.2) is 46.8 Å². The Balaban J connectivity index is 3.97. The average Bonchev–Trinajstić information content (AvgIpc) is 2.12. The third kappa shape index (κ3) is 4.57. The van der Waals surface area contributed by atoms with Crippen molar-refractivity contribution in [3.8, 4) is 0 Å². The molecule has 0 saturated carbocycles. The average molecular weight is 192 g/mol. The lowest BCUT2D eigenvalue weighted by Gasteiger charge is -2.25. The Morgan fingerprint density at radius 3 is 1.92 bits per heavy atom. The fraction of sp³-hybridized carbons (Fsp3) is 1.00. The lowest BCUT2D eigenvalue weighted by molar-refractivity contribution is -0.115. The maximum Gasteiger partial charge on any atom is 0.109 e. The second-order valence-electron chi connectivity index (χ2n) is 3.56. The van der Waals surface area contributed by atoms with Gasteiger partial charge >= 0.3 is 0 Å². The zero-order valence-electron chi connectivity index (χ0n) is 8.47. The number of ether oxygens (including phenoxy) is 1. The molecule has 0 spiro atoms. The molecule has 3 N–H and O–H groups in total. The molecule has 0 saturated heterocycles. The Morgan fingerprint density at radius 1 is 1.08 bits per heavy atom. The van der Waals surface area contributed by atoms with Gasteiger partial charge in [-0.3, -0.25) is 0 Å². The molecule has 0 fully saturated rings. The monoisotopic (exact) mass is 192 g/mol. The molecule has 3 atom stereocenters. The quantitative estimate of drug-likeness (QED) is 0.543. The highest BCUT2D eigenvalue weighted by Gasteiger charge is 2.21. The van der Waals surface area contributed by atoms with Gasteiger partial charge in [-0.2, -0.15) is 0 Å². The van der Waals surface area contributed by atoms with Crippen molar-refractivity contribution in [3.63, 3.8) is 0 Å². The standard InChI is InChI=1S/C9H20O4/c1-6(2)7(3)13-9(5-11)8(12)4-10/h6-12H,4-5H2,1-3H3/t7-,8-,9?/m0/s1. The van der Waals surface area contributed by atoms with Crippen molar-refractivity contribution < 1.29 is 20.1 Å². The van der Waals surface area contributed by atoms with E-state index in [9.17, 15) is 5.11 Å². The minimum absolute atomic E-state index is 0.0432. The van der Waals surface area contributed by atoms with E-state index in [1.807, 2.05) is 20.8 Å². The van der Waals surface area contributed by atoms with Crippen molar-refractivity contribution in [2.45, 2.75) is 39.1 Å². The Hall–Kier alpha value is -0.160. The van der Waals surface area contributed by atoms with Gasteiger partial charge in [0, 0.05) is 0 Å². The molecule has 80 valence electrons. The molecule has 4 heteroatoms. The van der Waals surface area contributed by atoms with Crippen molar-refractivity contribution in [1.82, 2.24) is 0 Å². The van der Waals surface area contributed by atoms with Gasteiger partial charge in [-0.05, 0) is 12.8 Å². The summed E-state index contributed by atoms with van der Waals surface area (Å²) in [7, 11) is 0. The van der Waals surface area contributed by atoms with Crippen LogP contribution < -0.4 is 0 Å². The van der Waals surface area contributed by atoms with E-state index >= 15 is 0 Å². The highest BCUT2D eigenvalue weighted by molar-refractivity contribution is 4.69. The second kappa shape index (κ2) is 6.32. The Bertz CT molecular complexity index is 127. The van der Waals surface area contributed by atoms with Crippen LogP contribution >= 0.6 is 0 Å². The number of aliphatic hydroxyl groups is 3. The first-order chi connectivity index (χ1) is 6.02. The number of hydrogen-bond acceptors (Lipinski definition) is 4. The molecule has 4 nitrogen and oxygen atoms in total. The first kappa shape index (κ1) is 12.8. The van der Waals surface area contributed by atoms with Gasteiger partial charge in [0.25, 0.3) is 0 Å². The zero-order valence-corrected chi connectivity index (χ0v) is 8.47. The third-order valence-corrected chi connectivity index (χ3v) is 2.12. The topological polar surface area (TPSA) is 69.9 Å². The largest absolute Gasteiger partial charge is 0.394 e. The van der Waals surface area contributed by atoms with E-state index in [0.717, 1.165) is 0 Å². The molecule has 1 unspecified atom stereocenters. The zero-order chi connectivity index (χ0) is 10.4. The van der Waals surface area contributed by atoms with Crippen LogP contribution in [-0.2, 0) is 4.74 Å². The van der Waals surface area contributed by atoms with Gasteiger partial charge in [-0.25, -0.2) is 0 Å². The predicted molar refractivity (Wildman–Crippen MR) is 49.4 cm³/mol. The summed E-state index contributed by atoms with van der Waals surface area (Å²) in [6.45, 7) is 5.18. The van der Waals surface area contributed by atoms with Crippen LogP contribution in [0.5, 0.6) is 0 Å². The molecule has 0 aromatic rings. The summed E-state index contributed by atoms with van der Waals surface area (Å²) < 4.78 is 5.35. The molecular formula is C9H20O4. The van der Waals surface area contributed by atoms with E-state index in [2.05, 4.69) is 0 Å². The molecule has 0 aliphatic carbocycles. The van der Waals surface area contributed by atoms with E-state index in [1.54, 1.807) is 0 Å². The van der Waals surface area contributed by atoms with Crippen LogP contribution in [0.1, 0.15) is 20.8 Å². The Labute approximate surface area is 79.2 Å². The number of aliphatic hydroxyl groups excluding tert-OH is 3. The first-order valence-corrected chi connectivity index (χ1v) is 4.58.